The van der Waals surface area contributed by atoms with Crippen molar-refractivity contribution in [2.75, 3.05) is 26.0 Å². The number of hydrogen-bond donors (Lipinski definition) is 1. The van der Waals surface area contributed by atoms with Crippen LogP contribution in [0, 0.1) is 0 Å². The summed E-state index contributed by atoms with van der Waals surface area (Å²) in [6.07, 6.45) is 1.86. The Bertz CT molecular complexity index is 881. The Balaban J connectivity index is 1.60. The maximum Gasteiger partial charge on any atom is 0.337 e. The molecule has 2 amide bonds. The van der Waals surface area contributed by atoms with Crippen LogP contribution in [-0.4, -0.2) is 58.1 Å². The highest BCUT2D eigenvalue weighted by atomic mass is 32.2. The van der Waals surface area contributed by atoms with Gasteiger partial charge in [0.05, 0.1) is 24.1 Å². The molecule has 0 unspecified atom stereocenters. The van der Waals surface area contributed by atoms with Crippen molar-refractivity contribution in [2.45, 2.75) is 6.42 Å². The molecule has 0 aliphatic carbocycles. The summed E-state index contributed by atoms with van der Waals surface area (Å²) in [6, 6.07) is 6.72. The van der Waals surface area contributed by atoms with Gasteiger partial charge in [-0.1, -0.05) is 47.9 Å². The number of carbonyl (C=O) groups is 3. The van der Waals surface area contributed by atoms with E-state index in [0.29, 0.717) is 26.5 Å². The molecule has 1 saturated heterocycles. The molecule has 10 heteroatoms. The fraction of sp³-hybridized carbons (Fsp3) is 0.278. The van der Waals surface area contributed by atoms with E-state index in [1.165, 1.54) is 35.5 Å². The van der Waals surface area contributed by atoms with E-state index in [2.05, 4.69) is 15.0 Å². The van der Waals surface area contributed by atoms with Crippen LogP contribution in [0.3, 0.4) is 0 Å². The summed E-state index contributed by atoms with van der Waals surface area (Å²) >= 11 is 7.98. The standard InChI is InChI=1S/C18H17N3O4S3/c1-25-16(24)12-4-2-11(3-5-12)10-13-15(23)21(18(26)28-13)8-6-14(22)20-17-19-7-9-27-17/h2-5,10H,6-9H2,1H3,(H,19,20,22)/b13-10-. The van der Waals surface area contributed by atoms with E-state index >= 15 is 0 Å². The fourth-order valence-electron chi connectivity index (χ4n) is 2.48. The molecule has 3 rings (SSSR count). The van der Waals surface area contributed by atoms with Crippen molar-refractivity contribution < 1.29 is 19.1 Å². The van der Waals surface area contributed by atoms with Crippen molar-refractivity contribution in [1.82, 2.24) is 10.2 Å². The highest BCUT2D eigenvalue weighted by Crippen LogP contribution is 2.32. The van der Waals surface area contributed by atoms with Crippen LogP contribution >= 0.6 is 35.7 Å². The minimum absolute atomic E-state index is 0.146. The molecule has 1 N–H and O–H groups in total. The maximum atomic E-state index is 12.6. The number of aliphatic imine (C=N–C) groups is 1. The smallest absolute Gasteiger partial charge is 0.337 e. The second-order valence-corrected chi connectivity index (χ2v) is 8.54. The van der Waals surface area contributed by atoms with Gasteiger partial charge in [-0.05, 0) is 23.8 Å². The van der Waals surface area contributed by atoms with E-state index < -0.39 is 5.97 Å². The largest absolute Gasteiger partial charge is 0.465 e. The average molecular weight is 436 g/mol. The summed E-state index contributed by atoms with van der Waals surface area (Å²) in [5.74, 6) is 0.0329. The SMILES string of the molecule is COC(=O)c1ccc(/C=C2\SC(=S)N(CCC(=O)NC3=NCCS3)C2=O)cc1. The van der Waals surface area contributed by atoms with Gasteiger partial charge in [-0.2, -0.15) is 0 Å². The molecule has 0 atom stereocenters. The van der Waals surface area contributed by atoms with Crippen LogP contribution in [0.4, 0.5) is 0 Å². The van der Waals surface area contributed by atoms with Crippen molar-refractivity contribution in [3.8, 4) is 0 Å². The van der Waals surface area contributed by atoms with E-state index in [0.717, 1.165) is 11.3 Å². The van der Waals surface area contributed by atoms with Gasteiger partial charge in [-0.3, -0.25) is 19.5 Å². The third-order valence-corrected chi connectivity index (χ3v) is 6.17. The quantitative estimate of drug-likeness (QED) is 0.431. The Morgan fingerprint density at radius 1 is 1.36 bits per heavy atom. The van der Waals surface area contributed by atoms with Gasteiger partial charge in [0.1, 0.15) is 4.32 Å². The highest BCUT2D eigenvalue weighted by molar-refractivity contribution is 8.26. The number of thiocarbonyl (C=S) groups is 1. The van der Waals surface area contributed by atoms with Gasteiger partial charge in [-0.15, -0.1) is 0 Å². The molecule has 0 aromatic heterocycles. The van der Waals surface area contributed by atoms with Gasteiger partial charge in [0, 0.05) is 18.7 Å². The molecule has 146 valence electrons. The van der Waals surface area contributed by atoms with E-state index in [1.54, 1.807) is 30.3 Å². The number of nitrogens with one attached hydrogen (secondary N) is 1. The number of esters is 1. The van der Waals surface area contributed by atoms with E-state index in [9.17, 15) is 14.4 Å². The molecule has 0 saturated carbocycles. The lowest BCUT2D eigenvalue weighted by Crippen LogP contribution is -2.34. The van der Waals surface area contributed by atoms with Crippen LogP contribution in [0.15, 0.2) is 34.2 Å². The lowest BCUT2D eigenvalue weighted by atomic mass is 10.1. The molecule has 1 aromatic carbocycles. The second-order valence-electron chi connectivity index (χ2n) is 5.78. The lowest BCUT2D eigenvalue weighted by molar-refractivity contribution is -0.123. The molecule has 2 heterocycles. The van der Waals surface area contributed by atoms with Crippen LogP contribution < -0.4 is 5.32 Å². The summed E-state index contributed by atoms with van der Waals surface area (Å²) in [6.45, 7) is 0.924. The molecule has 2 aliphatic rings. The van der Waals surface area contributed by atoms with Crippen LogP contribution in [-0.2, 0) is 14.3 Å². The Kier molecular flexibility index (Phi) is 6.87. The Labute approximate surface area is 176 Å². The van der Waals surface area contributed by atoms with Crippen molar-refractivity contribution >= 4 is 69.1 Å². The number of carbonyl (C=O) groups excluding carboxylic acids is 3. The third-order valence-electron chi connectivity index (χ3n) is 3.90. The topological polar surface area (TPSA) is 88.1 Å². The lowest BCUT2D eigenvalue weighted by Gasteiger charge is -2.13. The van der Waals surface area contributed by atoms with Crippen LogP contribution in [0.25, 0.3) is 6.08 Å². The maximum absolute atomic E-state index is 12.6. The molecule has 0 spiro atoms. The minimum Gasteiger partial charge on any atom is -0.465 e. The first-order chi connectivity index (χ1) is 13.5. The zero-order chi connectivity index (χ0) is 20.1. The highest BCUT2D eigenvalue weighted by Gasteiger charge is 2.32. The molecule has 1 fully saturated rings. The Morgan fingerprint density at radius 3 is 2.75 bits per heavy atom. The van der Waals surface area contributed by atoms with E-state index in [-0.39, 0.29) is 24.8 Å². The summed E-state index contributed by atoms with van der Waals surface area (Å²) in [7, 11) is 1.32. The zero-order valence-electron chi connectivity index (χ0n) is 15.0. The van der Waals surface area contributed by atoms with Gasteiger partial charge < -0.3 is 10.1 Å². The second kappa shape index (κ2) is 9.35. The number of hydrogen-bond acceptors (Lipinski definition) is 8. The predicted octanol–water partition coefficient (Wildman–Crippen LogP) is 2.28. The number of ether oxygens (including phenoxy) is 1. The summed E-state index contributed by atoms with van der Waals surface area (Å²) in [5, 5.41) is 3.37. The summed E-state index contributed by atoms with van der Waals surface area (Å²) in [4.78, 5) is 42.2. The van der Waals surface area contributed by atoms with Crippen molar-refractivity contribution in [3.63, 3.8) is 0 Å². The average Bonchev–Trinajstić information content (AvgIpc) is 3.28. The number of benzene rings is 1. The Morgan fingerprint density at radius 2 is 2.11 bits per heavy atom. The molecule has 28 heavy (non-hydrogen) atoms. The van der Waals surface area contributed by atoms with Crippen LogP contribution in [0.5, 0.6) is 0 Å². The van der Waals surface area contributed by atoms with Gasteiger partial charge in [0.15, 0.2) is 5.17 Å². The molecule has 0 bridgehead atoms. The van der Waals surface area contributed by atoms with Crippen LogP contribution in [0.1, 0.15) is 22.3 Å². The first-order valence-corrected chi connectivity index (χ1v) is 10.6. The number of amidine groups is 1. The molecule has 2 aliphatic heterocycles. The third kappa shape index (κ3) is 5.00. The van der Waals surface area contributed by atoms with Gasteiger partial charge >= 0.3 is 5.97 Å². The van der Waals surface area contributed by atoms with Gasteiger partial charge in [0.2, 0.25) is 5.91 Å². The van der Waals surface area contributed by atoms with Crippen molar-refractivity contribution in [2.24, 2.45) is 4.99 Å². The number of methoxy groups -OCH3 is 1. The fourth-order valence-corrected chi connectivity index (χ4v) is 4.54. The number of rotatable bonds is 5. The normalized spacial score (nSPS) is 17.8. The first-order valence-electron chi connectivity index (χ1n) is 8.39. The number of thioether (sulfide) groups is 2. The van der Waals surface area contributed by atoms with E-state index in [4.69, 9.17) is 12.2 Å². The summed E-state index contributed by atoms with van der Waals surface area (Å²) in [5.41, 5.74) is 1.20. The van der Waals surface area contributed by atoms with Gasteiger partial charge in [0.25, 0.3) is 5.91 Å². The number of amides is 2. The molecule has 0 radical (unpaired) electrons. The summed E-state index contributed by atoms with van der Waals surface area (Å²) < 4.78 is 5.08. The van der Waals surface area contributed by atoms with Crippen LogP contribution in [0.2, 0.25) is 0 Å². The molecule has 1 aromatic rings. The minimum atomic E-state index is -0.418. The van der Waals surface area contributed by atoms with Crippen molar-refractivity contribution in [1.29, 1.82) is 0 Å². The number of nitrogens with zero attached hydrogens (tertiary/aromatic N) is 2. The zero-order valence-corrected chi connectivity index (χ0v) is 17.4. The predicted molar refractivity (Wildman–Crippen MR) is 115 cm³/mol. The molecular formula is C18H17N3O4S3. The molecular weight excluding hydrogens is 418 g/mol. The van der Waals surface area contributed by atoms with Crippen molar-refractivity contribution in [3.05, 3.63) is 40.3 Å². The Hall–Kier alpha value is -2.17. The van der Waals surface area contributed by atoms with E-state index in [1.807, 2.05) is 0 Å². The monoisotopic (exact) mass is 435 g/mol. The first kappa shape index (κ1) is 20.6. The molecule has 7 nitrogen and oxygen atoms in total. The van der Waals surface area contributed by atoms with Gasteiger partial charge in [-0.25, -0.2) is 4.79 Å².